The number of likely N-dealkylation sites (tertiary alicyclic amines) is 1. The molecule has 0 saturated carbocycles. The van der Waals surface area contributed by atoms with Crippen LogP contribution in [0.4, 0.5) is 22.5 Å². The van der Waals surface area contributed by atoms with Crippen LogP contribution in [-0.4, -0.2) is 45.9 Å². The number of hydrogen-bond acceptors (Lipinski definition) is 7. The molecule has 33 heavy (non-hydrogen) atoms. The number of amides is 1. The van der Waals surface area contributed by atoms with Crippen LogP contribution in [0, 0.1) is 6.92 Å². The molecule has 1 N–H and O–H groups in total. The molecule has 0 bridgehead atoms. The van der Waals surface area contributed by atoms with Gasteiger partial charge < -0.3 is 15.1 Å². The zero-order chi connectivity index (χ0) is 22.8. The third-order valence-electron chi connectivity index (χ3n) is 5.88. The Hall–Kier alpha value is -3.52. The van der Waals surface area contributed by atoms with Crippen molar-refractivity contribution in [3.8, 4) is 0 Å². The van der Waals surface area contributed by atoms with E-state index in [-0.39, 0.29) is 5.91 Å². The summed E-state index contributed by atoms with van der Waals surface area (Å²) in [6.45, 7) is 3.82. The number of aryl methyl sites for hydroxylation is 1. The first-order valence-corrected chi connectivity index (χ1v) is 11.9. The molecule has 0 atom stereocenters. The Labute approximate surface area is 197 Å². The number of nitrogens with zero attached hydrogens (tertiary/aromatic N) is 5. The first kappa shape index (κ1) is 21.3. The van der Waals surface area contributed by atoms with E-state index in [0.717, 1.165) is 58.5 Å². The second-order valence-electron chi connectivity index (χ2n) is 8.35. The van der Waals surface area contributed by atoms with Crippen molar-refractivity contribution in [2.24, 2.45) is 0 Å². The van der Waals surface area contributed by atoms with Gasteiger partial charge in [-0.25, -0.2) is 15.0 Å². The van der Waals surface area contributed by atoms with E-state index in [1.807, 2.05) is 36.2 Å². The zero-order valence-corrected chi connectivity index (χ0v) is 19.6. The number of thiazole rings is 1. The maximum absolute atomic E-state index is 12.5. The van der Waals surface area contributed by atoms with Crippen LogP contribution in [0.3, 0.4) is 0 Å². The molecule has 1 saturated heterocycles. The molecule has 1 aliphatic heterocycles. The number of nitrogens with one attached hydrogen (secondary N) is 1. The van der Waals surface area contributed by atoms with Gasteiger partial charge in [-0.15, -0.1) is 0 Å². The van der Waals surface area contributed by atoms with Gasteiger partial charge in [0.1, 0.15) is 22.0 Å². The lowest BCUT2D eigenvalue weighted by molar-refractivity contribution is -0.129. The van der Waals surface area contributed by atoms with Crippen molar-refractivity contribution in [3.63, 3.8) is 0 Å². The SMILES string of the molecule is Cc1ccc(N(C)c2ccc3nc(Nc4cc(CC(=O)N5CCCC5)ccn4)sc3n2)cc1. The number of hydrogen-bond donors (Lipinski definition) is 1. The van der Waals surface area contributed by atoms with Crippen molar-refractivity contribution in [1.82, 2.24) is 19.9 Å². The normalized spacial score (nSPS) is 13.5. The summed E-state index contributed by atoms with van der Waals surface area (Å²) in [6.07, 6.45) is 4.33. The number of fused-ring (bicyclic) bond motifs is 1. The minimum Gasteiger partial charge on any atom is -0.342 e. The Morgan fingerprint density at radius 2 is 1.88 bits per heavy atom. The van der Waals surface area contributed by atoms with Crippen LogP contribution in [0.2, 0.25) is 0 Å². The molecular formula is C25H26N6OS. The quantitative estimate of drug-likeness (QED) is 0.435. The zero-order valence-electron chi connectivity index (χ0n) is 18.8. The largest absolute Gasteiger partial charge is 0.342 e. The molecule has 8 heteroatoms. The van der Waals surface area contributed by atoms with Crippen LogP contribution >= 0.6 is 11.3 Å². The van der Waals surface area contributed by atoms with E-state index in [9.17, 15) is 4.79 Å². The van der Waals surface area contributed by atoms with E-state index >= 15 is 0 Å². The number of aromatic nitrogens is 3. The second kappa shape index (κ2) is 9.15. The van der Waals surface area contributed by atoms with Crippen LogP contribution in [-0.2, 0) is 11.2 Å². The standard InChI is InChI=1S/C25H26N6OS/c1-17-5-7-19(8-6-17)30(2)22-10-9-20-24(29-22)33-25(27-20)28-21-15-18(11-12-26-21)16-23(32)31-13-3-4-14-31/h5-12,15H,3-4,13-14,16H2,1-2H3,(H,26,27,28). The monoisotopic (exact) mass is 458 g/mol. The number of pyridine rings is 2. The highest BCUT2D eigenvalue weighted by Crippen LogP contribution is 2.30. The number of carbonyl (C=O) groups excluding carboxylic acids is 1. The molecule has 1 fully saturated rings. The molecular weight excluding hydrogens is 432 g/mol. The molecule has 4 aromatic rings. The lowest BCUT2D eigenvalue weighted by Gasteiger charge is -2.18. The molecule has 3 aromatic heterocycles. The molecule has 1 aromatic carbocycles. The summed E-state index contributed by atoms with van der Waals surface area (Å²) in [5.74, 6) is 1.72. The van der Waals surface area contributed by atoms with E-state index in [4.69, 9.17) is 4.98 Å². The maximum atomic E-state index is 12.5. The van der Waals surface area contributed by atoms with Gasteiger partial charge in [0.2, 0.25) is 5.91 Å². The summed E-state index contributed by atoms with van der Waals surface area (Å²) in [4.78, 5) is 31.2. The molecule has 0 aliphatic carbocycles. The van der Waals surface area contributed by atoms with Gasteiger partial charge in [0.05, 0.1) is 6.42 Å². The van der Waals surface area contributed by atoms with E-state index in [1.54, 1.807) is 6.20 Å². The van der Waals surface area contributed by atoms with Gasteiger partial charge in [-0.05, 0) is 61.7 Å². The van der Waals surface area contributed by atoms with Gasteiger partial charge in [-0.2, -0.15) is 0 Å². The molecule has 4 heterocycles. The van der Waals surface area contributed by atoms with E-state index in [1.165, 1.54) is 16.9 Å². The van der Waals surface area contributed by atoms with Gasteiger partial charge in [0.25, 0.3) is 0 Å². The summed E-state index contributed by atoms with van der Waals surface area (Å²) >= 11 is 1.49. The first-order chi connectivity index (χ1) is 16.0. The number of anilines is 4. The fraction of sp³-hybridized carbons (Fsp3) is 0.280. The third kappa shape index (κ3) is 4.80. The Bertz CT molecular complexity index is 1280. The van der Waals surface area contributed by atoms with Crippen molar-refractivity contribution in [2.45, 2.75) is 26.2 Å². The number of rotatable bonds is 6. The molecule has 5 rings (SSSR count). The smallest absolute Gasteiger partial charge is 0.226 e. The summed E-state index contributed by atoms with van der Waals surface area (Å²) in [6, 6.07) is 16.2. The summed E-state index contributed by atoms with van der Waals surface area (Å²) in [5, 5.41) is 4.01. The lowest BCUT2D eigenvalue weighted by Crippen LogP contribution is -2.29. The minimum atomic E-state index is 0.180. The Kier molecular flexibility index (Phi) is 5.92. The van der Waals surface area contributed by atoms with Gasteiger partial charge in [0, 0.05) is 32.0 Å². The van der Waals surface area contributed by atoms with Gasteiger partial charge in [0.15, 0.2) is 5.13 Å². The maximum Gasteiger partial charge on any atom is 0.226 e. The van der Waals surface area contributed by atoms with E-state index in [0.29, 0.717) is 12.2 Å². The number of carbonyl (C=O) groups is 1. The second-order valence-corrected chi connectivity index (χ2v) is 9.32. The van der Waals surface area contributed by atoms with Crippen LogP contribution in [0.25, 0.3) is 10.3 Å². The Morgan fingerprint density at radius 3 is 2.67 bits per heavy atom. The van der Waals surface area contributed by atoms with Crippen molar-refractivity contribution < 1.29 is 4.79 Å². The Morgan fingerprint density at radius 1 is 1.09 bits per heavy atom. The van der Waals surface area contributed by atoms with Crippen LogP contribution in [0.15, 0.2) is 54.7 Å². The molecule has 0 unspecified atom stereocenters. The average molecular weight is 459 g/mol. The van der Waals surface area contributed by atoms with Crippen LogP contribution in [0.1, 0.15) is 24.0 Å². The predicted molar refractivity (Wildman–Crippen MR) is 134 cm³/mol. The third-order valence-corrected chi connectivity index (χ3v) is 6.76. The summed E-state index contributed by atoms with van der Waals surface area (Å²) < 4.78 is 0. The molecule has 0 radical (unpaired) electrons. The lowest BCUT2D eigenvalue weighted by atomic mass is 10.2. The van der Waals surface area contributed by atoms with Gasteiger partial charge in [-0.3, -0.25) is 4.79 Å². The molecule has 0 spiro atoms. The highest BCUT2D eigenvalue weighted by Gasteiger charge is 2.18. The van der Waals surface area contributed by atoms with E-state index in [2.05, 4.69) is 51.4 Å². The van der Waals surface area contributed by atoms with Crippen molar-refractivity contribution in [1.29, 1.82) is 0 Å². The minimum absolute atomic E-state index is 0.180. The summed E-state index contributed by atoms with van der Waals surface area (Å²) in [7, 11) is 2.01. The Balaban J connectivity index is 1.31. The topological polar surface area (TPSA) is 74.2 Å². The average Bonchev–Trinajstić information content (AvgIpc) is 3.49. The molecule has 1 amide bonds. The number of benzene rings is 1. The fourth-order valence-corrected chi connectivity index (χ4v) is 4.80. The summed E-state index contributed by atoms with van der Waals surface area (Å²) in [5.41, 5.74) is 4.10. The van der Waals surface area contributed by atoms with Crippen molar-refractivity contribution in [2.75, 3.05) is 30.4 Å². The van der Waals surface area contributed by atoms with Crippen LogP contribution < -0.4 is 10.2 Å². The van der Waals surface area contributed by atoms with Crippen LogP contribution in [0.5, 0.6) is 0 Å². The first-order valence-electron chi connectivity index (χ1n) is 11.1. The molecule has 7 nitrogen and oxygen atoms in total. The van der Waals surface area contributed by atoms with Crippen molar-refractivity contribution in [3.05, 3.63) is 65.9 Å². The van der Waals surface area contributed by atoms with Gasteiger partial charge in [-0.1, -0.05) is 29.0 Å². The van der Waals surface area contributed by atoms with E-state index < -0.39 is 0 Å². The van der Waals surface area contributed by atoms with Gasteiger partial charge >= 0.3 is 0 Å². The predicted octanol–water partition coefficient (Wildman–Crippen LogP) is 5.07. The highest BCUT2D eigenvalue weighted by atomic mass is 32.1. The molecule has 168 valence electrons. The highest BCUT2D eigenvalue weighted by molar-refractivity contribution is 7.21. The van der Waals surface area contributed by atoms with Crippen molar-refractivity contribution >= 4 is 50.0 Å². The molecule has 1 aliphatic rings. The fourth-order valence-electron chi connectivity index (χ4n) is 3.96.